The summed E-state index contributed by atoms with van der Waals surface area (Å²) in [5.41, 5.74) is 0.299. The van der Waals surface area contributed by atoms with Crippen LogP contribution in [0.25, 0.3) is 0 Å². The molecule has 5 nitrogen and oxygen atoms in total. The van der Waals surface area contributed by atoms with E-state index in [-0.39, 0.29) is 0 Å². The van der Waals surface area contributed by atoms with Crippen LogP contribution in [0.3, 0.4) is 0 Å². The fourth-order valence-electron chi connectivity index (χ4n) is 2.22. The van der Waals surface area contributed by atoms with Crippen LogP contribution in [0.5, 0.6) is 5.75 Å². The second-order valence-electron chi connectivity index (χ2n) is 5.40. The highest BCUT2D eigenvalue weighted by Crippen LogP contribution is 2.29. The Morgan fingerprint density at radius 1 is 1.23 bits per heavy atom. The van der Waals surface area contributed by atoms with Gasteiger partial charge < -0.3 is 15.4 Å². The zero-order valence-electron chi connectivity index (χ0n) is 14.6. The molecule has 0 fully saturated rings. The predicted octanol–water partition coefficient (Wildman–Crippen LogP) is 3.12. The van der Waals surface area contributed by atoms with Crippen LogP contribution in [0, 0.1) is 0 Å². The molecule has 0 saturated heterocycles. The molecule has 0 spiro atoms. The highest BCUT2D eigenvalue weighted by atomic mass is 32.1. The molecular formula is C17H21F3N4OS. The Bertz CT molecular complexity index is 731. The van der Waals surface area contributed by atoms with Gasteiger partial charge in [-0.15, -0.1) is 11.3 Å². The summed E-state index contributed by atoms with van der Waals surface area (Å²) in [6.45, 7) is 1.12. The van der Waals surface area contributed by atoms with E-state index in [0.717, 1.165) is 34.5 Å². The van der Waals surface area contributed by atoms with Crippen molar-refractivity contribution in [1.29, 1.82) is 0 Å². The molecule has 1 heterocycles. The molecule has 2 aromatic rings. The molecule has 0 aliphatic rings. The van der Waals surface area contributed by atoms with E-state index in [1.165, 1.54) is 0 Å². The number of rotatable bonds is 7. The first kappa shape index (κ1) is 20.0. The number of hydrogen-bond donors (Lipinski definition) is 2. The van der Waals surface area contributed by atoms with Gasteiger partial charge in [0.15, 0.2) is 11.7 Å². The molecular weight excluding hydrogens is 365 g/mol. The van der Waals surface area contributed by atoms with Crippen molar-refractivity contribution in [3.05, 3.63) is 45.9 Å². The van der Waals surface area contributed by atoms with Crippen molar-refractivity contribution in [3.8, 4) is 5.75 Å². The number of aliphatic imine (C=N–C) groups is 1. The lowest BCUT2D eigenvalue weighted by atomic mass is 10.1. The quantitative estimate of drug-likeness (QED) is 0.567. The molecule has 0 aliphatic heterocycles. The number of alkyl halides is 3. The Balaban J connectivity index is 1.73. The predicted molar refractivity (Wildman–Crippen MR) is 96.9 cm³/mol. The first-order valence-corrected chi connectivity index (χ1v) is 8.89. The number of guanidine groups is 1. The highest BCUT2D eigenvalue weighted by Gasteiger charge is 2.33. The number of nitrogens with one attached hydrogen (secondary N) is 2. The van der Waals surface area contributed by atoms with Gasteiger partial charge in [0.25, 0.3) is 0 Å². The van der Waals surface area contributed by atoms with E-state index < -0.39 is 11.9 Å². The number of hydrogen-bond acceptors (Lipinski definition) is 4. The van der Waals surface area contributed by atoms with E-state index in [2.05, 4.69) is 20.6 Å². The fourth-order valence-corrected chi connectivity index (χ4v) is 3.02. The lowest BCUT2D eigenvalue weighted by Gasteiger charge is -2.11. The van der Waals surface area contributed by atoms with Crippen LogP contribution in [-0.4, -0.2) is 38.2 Å². The van der Waals surface area contributed by atoms with Gasteiger partial charge in [-0.05, 0) is 24.1 Å². The number of ether oxygens (including phenoxy) is 1. The standard InChI is InChI=1S/C17H21F3N4OS/c1-21-16(22-8-6-12-4-3-5-13(10-12)25-2)23-9-7-15-24-14(11-26-15)17(18,19)20/h3-5,10-11H,6-9H2,1-2H3,(H2,21,22,23). The van der Waals surface area contributed by atoms with E-state index >= 15 is 0 Å². The smallest absolute Gasteiger partial charge is 0.434 e. The Morgan fingerprint density at radius 3 is 2.58 bits per heavy atom. The van der Waals surface area contributed by atoms with Crippen LogP contribution in [-0.2, 0) is 19.0 Å². The highest BCUT2D eigenvalue weighted by molar-refractivity contribution is 7.09. The van der Waals surface area contributed by atoms with Crippen molar-refractivity contribution in [1.82, 2.24) is 15.6 Å². The van der Waals surface area contributed by atoms with E-state index in [0.29, 0.717) is 30.5 Å². The molecule has 0 amide bonds. The zero-order valence-corrected chi connectivity index (χ0v) is 15.4. The van der Waals surface area contributed by atoms with E-state index in [1.807, 2.05) is 24.3 Å². The number of methoxy groups -OCH3 is 1. The minimum Gasteiger partial charge on any atom is -0.497 e. The summed E-state index contributed by atoms with van der Waals surface area (Å²) < 4.78 is 42.8. The van der Waals surface area contributed by atoms with Crippen molar-refractivity contribution < 1.29 is 17.9 Å². The third kappa shape index (κ3) is 6.21. The van der Waals surface area contributed by atoms with Gasteiger partial charge in [0.2, 0.25) is 0 Å². The lowest BCUT2D eigenvalue weighted by molar-refractivity contribution is -0.140. The van der Waals surface area contributed by atoms with Gasteiger partial charge in [0.05, 0.1) is 12.1 Å². The number of halogens is 3. The number of aromatic nitrogens is 1. The summed E-state index contributed by atoms with van der Waals surface area (Å²) in [4.78, 5) is 7.71. The van der Waals surface area contributed by atoms with Crippen molar-refractivity contribution in [2.24, 2.45) is 4.99 Å². The van der Waals surface area contributed by atoms with Gasteiger partial charge in [-0.25, -0.2) is 4.98 Å². The fraction of sp³-hybridized carbons (Fsp3) is 0.412. The summed E-state index contributed by atoms with van der Waals surface area (Å²) in [6, 6.07) is 7.81. The van der Waals surface area contributed by atoms with Crippen LogP contribution >= 0.6 is 11.3 Å². The molecule has 26 heavy (non-hydrogen) atoms. The Morgan fingerprint density at radius 2 is 1.96 bits per heavy atom. The maximum atomic E-state index is 12.5. The second kappa shape index (κ2) is 9.42. The SMILES string of the molecule is CN=C(NCCc1cccc(OC)c1)NCCc1nc(C(F)(F)F)cs1. The third-order valence-electron chi connectivity index (χ3n) is 3.54. The van der Waals surface area contributed by atoms with Crippen molar-refractivity contribution in [3.63, 3.8) is 0 Å². The average molecular weight is 386 g/mol. The summed E-state index contributed by atoms with van der Waals surface area (Å²) in [5.74, 6) is 1.41. The van der Waals surface area contributed by atoms with E-state index in [1.54, 1.807) is 14.2 Å². The van der Waals surface area contributed by atoms with E-state index in [9.17, 15) is 13.2 Å². The normalized spacial score (nSPS) is 12.1. The molecule has 0 saturated carbocycles. The Kier molecular flexibility index (Phi) is 7.26. The molecule has 1 aromatic carbocycles. The van der Waals surface area contributed by atoms with Gasteiger partial charge in [-0.1, -0.05) is 12.1 Å². The van der Waals surface area contributed by atoms with Crippen LogP contribution in [0.15, 0.2) is 34.6 Å². The molecule has 9 heteroatoms. The molecule has 0 aliphatic carbocycles. The second-order valence-corrected chi connectivity index (χ2v) is 6.34. The van der Waals surface area contributed by atoms with Gasteiger partial charge >= 0.3 is 6.18 Å². The molecule has 0 unspecified atom stereocenters. The van der Waals surface area contributed by atoms with Crippen molar-refractivity contribution in [2.75, 3.05) is 27.2 Å². The number of nitrogens with zero attached hydrogens (tertiary/aromatic N) is 2. The molecule has 0 radical (unpaired) electrons. The first-order chi connectivity index (χ1) is 12.4. The summed E-state index contributed by atoms with van der Waals surface area (Å²) in [7, 11) is 3.27. The minimum absolute atomic E-state index is 0.400. The monoisotopic (exact) mass is 386 g/mol. The van der Waals surface area contributed by atoms with Crippen molar-refractivity contribution >= 4 is 17.3 Å². The lowest BCUT2D eigenvalue weighted by Crippen LogP contribution is -2.39. The largest absolute Gasteiger partial charge is 0.497 e. The Labute approximate surface area is 154 Å². The van der Waals surface area contributed by atoms with Gasteiger partial charge in [-0.2, -0.15) is 13.2 Å². The van der Waals surface area contributed by atoms with Crippen LogP contribution < -0.4 is 15.4 Å². The first-order valence-electron chi connectivity index (χ1n) is 8.01. The Hall–Kier alpha value is -2.29. The van der Waals surface area contributed by atoms with Gasteiger partial charge in [-0.3, -0.25) is 4.99 Å². The molecule has 0 atom stereocenters. The average Bonchev–Trinajstić information content (AvgIpc) is 3.10. The molecule has 2 rings (SSSR count). The minimum atomic E-state index is -4.39. The topological polar surface area (TPSA) is 58.5 Å². The van der Waals surface area contributed by atoms with Gasteiger partial charge in [0.1, 0.15) is 5.75 Å². The van der Waals surface area contributed by atoms with Crippen LogP contribution in [0.1, 0.15) is 16.3 Å². The van der Waals surface area contributed by atoms with Gasteiger partial charge in [0, 0.05) is 31.9 Å². The van der Waals surface area contributed by atoms with Crippen LogP contribution in [0.2, 0.25) is 0 Å². The van der Waals surface area contributed by atoms with Crippen LogP contribution in [0.4, 0.5) is 13.2 Å². The summed E-state index contributed by atoms with van der Waals surface area (Å²) in [6.07, 6.45) is -3.20. The van der Waals surface area contributed by atoms with Crippen molar-refractivity contribution in [2.45, 2.75) is 19.0 Å². The van der Waals surface area contributed by atoms with E-state index in [4.69, 9.17) is 4.74 Å². The molecule has 1 aromatic heterocycles. The maximum Gasteiger partial charge on any atom is 0.434 e. The number of benzene rings is 1. The molecule has 142 valence electrons. The summed E-state index contributed by atoms with van der Waals surface area (Å²) in [5, 5.41) is 7.73. The number of thiazole rings is 1. The zero-order chi connectivity index (χ0) is 19.0. The molecule has 2 N–H and O–H groups in total. The third-order valence-corrected chi connectivity index (χ3v) is 4.45. The summed E-state index contributed by atoms with van der Waals surface area (Å²) >= 11 is 1.01. The maximum absolute atomic E-state index is 12.5. The molecule has 0 bridgehead atoms.